The molecule has 5 nitrogen and oxygen atoms in total. The van der Waals surface area contributed by atoms with Gasteiger partial charge in [-0.25, -0.2) is 18.4 Å². The van der Waals surface area contributed by atoms with E-state index >= 15 is 0 Å². The lowest BCUT2D eigenvalue weighted by molar-refractivity contribution is 0.591. The second-order valence-electron chi connectivity index (χ2n) is 5.14. The van der Waals surface area contributed by atoms with Crippen molar-refractivity contribution in [2.24, 2.45) is 0 Å². The van der Waals surface area contributed by atoms with Crippen LogP contribution in [0.1, 0.15) is 24.6 Å². The summed E-state index contributed by atoms with van der Waals surface area (Å²) in [6.45, 7) is 2.46. The van der Waals surface area contributed by atoms with Gasteiger partial charge in [0, 0.05) is 11.4 Å². The molecule has 1 aliphatic rings. The first-order valence-electron chi connectivity index (χ1n) is 6.91. The second kappa shape index (κ2) is 5.70. The van der Waals surface area contributed by atoms with E-state index in [1.165, 1.54) is 4.88 Å². The summed E-state index contributed by atoms with van der Waals surface area (Å²) in [6, 6.07) is 2.04. The molecule has 2 aromatic rings. The van der Waals surface area contributed by atoms with Gasteiger partial charge in [-0.05, 0) is 36.9 Å². The zero-order valence-electron chi connectivity index (χ0n) is 11.6. The fourth-order valence-electron chi connectivity index (χ4n) is 2.55. The molecule has 0 aromatic carbocycles. The van der Waals surface area contributed by atoms with Crippen molar-refractivity contribution in [1.29, 1.82) is 0 Å². The summed E-state index contributed by atoms with van der Waals surface area (Å²) in [4.78, 5) is 10.5. The van der Waals surface area contributed by atoms with Crippen molar-refractivity contribution in [3.63, 3.8) is 0 Å². The normalized spacial score (nSPS) is 21.0. The first kappa shape index (κ1) is 15.0. The molecule has 0 amide bonds. The summed E-state index contributed by atoms with van der Waals surface area (Å²) >= 11 is 7.54. The molecule has 21 heavy (non-hydrogen) atoms. The van der Waals surface area contributed by atoms with Crippen molar-refractivity contribution >= 4 is 48.8 Å². The summed E-state index contributed by atoms with van der Waals surface area (Å²) in [6.07, 6.45) is 2.38. The van der Waals surface area contributed by atoms with Gasteiger partial charge in [0.05, 0.1) is 16.4 Å². The van der Waals surface area contributed by atoms with Gasteiger partial charge in [-0.15, -0.1) is 11.3 Å². The number of anilines is 1. The summed E-state index contributed by atoms with van der Waals surface area (Å²) < 4.78 is 23.7. The van der Waals surface area contributed by atoms with E-state index in [1.807, 2.05) is 6.07 Å². The Hall–Kier alpha value is -0.920. The van der Waals surface area contributed by atoms with Gasteiger partial charge < -0.3 is 5.32 Å². The average molecular weight is 346 g/mol. The molecular weight excluding hydrogens is 330 g/mol. The predicted molar refractivity (Wildman–Crippen MR) is 87.1 cm³/mol. The van der Waals surface area contributed by atoms with Crippen LogP contribution in [0.2, 0.25) is 5.28 Å². The minimum atomic E-state index is -2.96. The maximum Gasteiger partial charge on any atom is 0.225 e. The smallest absolute Gasteiger partial charge is 0.225 e. The molecular formula is C13H16ClN3O2S2. The molecule has 0 bridgehead atoms. The quantitative estimate of drug-likeness (QED) is 0.862. The van der Waals surface area contributed by atoms with Gasteiger partial charge >= 0.3 is 0 Å². The Balaban J connectivity index is 1.88. The fraction of sp³-hybridized carbons (Fsp3) is 0.538. The van der Waals surface area contributed by atoms with Gasteiger partial charge in [0.15, 0.2) is 9.84 Å². The number of rotatable bonds is 4. The Labute approximate surface area is 132 Å². The first-order valence-corrected chi connectivity index (χ1v) is 9.82. The van der Waals surface area contributed by atoms with E-state index in [0.29, 0.717) is 18.8 Å². The summed E-state index contributed by atoms with van der Waals surface area (Å²) in [7, 11) is -2.96. The summed E-state index contributed by atoms with van der Waals surface area (Å²) in [5, 5.41) is 3.92. The number of nitrogens with one attached hydrogen (secondary N) is 1. The average Bonchev–Trinajstić information content (AvgIpc) is 2.98. The monoisotopic (exact) mass is 345 g/mol. The lowest BCUT2D eigenvalue weighted by Crippen LogP contribution is -2.25. The van der Waals surface area contributed by atoms with Crippen LogP contribution in [-0.2, 0) is 16.3 Å². The predicted octanol–water partition coefficient (Wildman–Crippen LogP) is 2.90. The van der Waals surface area contributed by atoms with Crippen LogP contribution in [0.15, 0.2) is 6.07 Å². The number of nitrogens with zero attached hydrogens (tertiary/aromatic N) is 2. The largest absolute Gasteiger partial charge is 0.368 e. The molecule has 0 saturated carbocycles. The number of fused-ring (bicyclic) bond motifs is 1. The molecule has 114 valence electrons. The number of thiophene rings is 1. The number of hydrogen-bond donors (Lipinski definition) is 1. The molecule has 0 aliphatic carbocycles. The number of sulfone groups is 1. The van der Waals surface area contributed by atoms with Crippen molar-refractivity contribution < 1.29 is 8.42 Å². The van der Waals surface area contributed by atoms with Crippen molar-refractivity contribution in [2.45, 2.75) is 31.4 Å². The van der Waals surface area contributed by atoms with Crippen molar-refractivity contribution in [3.05, 3.63) is 16.2 Å². The van der Waals surface area contributed by atoms with Gasteiger partial charge in [-0.3, -0.25) is 0 Å². The van der Waals surface area contributed by atoms with E-state index in [-0.39, 0.29) is 16.3 Å². The zero-order valence-corrected chi connectivity index (χ0v) is 14.0. The Bertz CT molecular complexity index is 773. The maximum atomic E-state index is 11.9. The molecule has 1 unspecified atom stereocenters. The van der Waals surface area contributed by atoms with Gasteiger partial charge in [0.1, 0.15) is 10.6 Å². The highest BCUT2D eigenvalue weighted by molar-refractivity contribution is 7.92. The third-order valence-corrected chi connectivity index (χ3v) is 7.34. The lowest BCUT2D eigenvalue weighted by atomic mass is 10.2. The Morgan fingerprint density at radius 2 is 2.29 bits per heavy atom. The van der Waals surface area contributed by atoms with Crippen LogP contribution in [0.3, 0.4) is 0 Å². The van der Waals surface area contributed by atoms with Gasteiger partial charge in [0.2, 0.25) is 5.28 Å². The van der Waals surface area contributed by atoms with Gasteiger partial charge in [0.25, 0.3) is 0 Å². The van der Waals surface area contributed by atoms with E-state index < -0.39 is 9.84 Å². The van der Waals surface area contributed by atoms with E-state index in [2.05, 4.69) is 22.2 Å². The molecule has 8 heteroatoms. The fourth-order valence-corrected chi connectivity index (χ4v) is 5.50. The third kappa shape index (κ3) is 3.00. The Morgan fingerprint density at radius 1 is 1.48 bits per heavy atom. The topological polar surface area (TPSA) is 72.0 Å². The van der Waals surface area contributed by atoms with Crippen LogP contribution in [-0.4, -0.2) is 35.9 Å². The van der Waals surface area contributed by atoms with Crippen molar-refractivity contribution in [1.82, 2.24) is 9.97 Å². The van der Waals surface area contributed by atoms with Crippen LogP contribution in [0.25, 0.3) is 10.2 Å². The summed E-state index contributed by atoms with van der Waals surface area (Å²) in [5.74, 6) is 0.917. The number of halogens is 1. The number of aromatic nitrogens is 2. The lowest BCUT2D eigenvalue weighted by Gasteiger charge is -2.11. The molecule has 1 saturated heterocycles. The van der Waals surface area contributed by atoms with Crippen LogP contribution in [0.5, 0.6) is 0 Å². The Morgan fingerprint density at radius 3 is 2.95 bits per heavy atom. The van der Waals surface area contributed by atoms with Gasteiger partial charge in [-0.2, -0.15) is 0 Å². The molecule has 3 heterocycles. The highest BCUT2D eigenvalue weighted by Crippen LogP contribution is 2.31. The van der Waals surface area contributed by atoms with Crippen molar-refractivity contribution in [3.8, 4) is 0 Å². The Kier molecular flexibility index (Phi) is 4.07. The first-order chi connectivity index (χ1) is 9.99. The van der Waals surface area contributed by atoms with Crippen LogP contribution in [0.4, 0.5) is 5.82 Å². The van der Waals surface area contributed by atoms with E-state index in [1.54, 1.807) is 11.3 Å². The second-order valence-corrected chi connectivity index (χ2v) is 8.99. The highest BCUT2D eigenvalue weighted by Gasteiger charge is 2.31. The molecule has 1 aliphatic heterocycles. The van der Waals surface area contributed by atoms with Crippen molar-refractivity contribution in [2.75, 3.05) is 17.6 Å². The number of hydrogen-bond acceptors (Lipinski definition) is 6. The SMILES string of the molecule is CCc1cc2c(NCC3CCCS3(=O)=O)nc(Cl)nc2s1. The molecule has 1 fully saturated rings. The third-order valence-electron chi connectivity index (χ3n) is 3.72. The van der Waals surface area contributed by atoms with Crippen LogP contribution in [0, 0.1) is 0 Å². The van der Waals surface area contributed by atoms with Crippen LogP contribution >= 0.6 is 22.9 Å². The molecule has 0 spiro atoms. The van der Waals surface area contributed by atoms with Crippen LogP contribution < -0.4 is 5.32 Å². The minimum absolute atomic E-state index is 0.184. The maximum absolute atomic E-state index is 11.9. The number of aryl methyl sites for hydroxylation is 1. The standard InChI is InChI=1S/C13H16ClN3O2S2/c1-2-8-6-10-11(16-13(14)17-12(10)20-8)15-7-9-4-3-5-21(9,18)19/h6,9H,2-5,7H2,1H3,(H,15,16,17). The molecule has 3 rings (SSSR count). The van der Waals surface area contributed by atoms with E-state index in [9.17, 15) is 8.42 Å². The molecule has 1 atom stereocenters. The molecule has 1 N–H and O–H groups in total. The molecule has 2 aromatic heterocycles. The van der Waals surface area contributed by atoms with E-state index in [4.69, 9.17) is 11.6 Å². The van der Waals surface area contributed by atoms with E-state index in [0.717, 1.165) is 23.1 Å². The summed E-state index contributed by atoms with van der Waals surface area (Å²) in [5.41, 5.74) is 0. The minimum Gasteiger partial charge on any atom is -0.368 e. The zero-order chi connectivity index (χ0) is 15.0. The molecule has 0 radical (unpaired) electrons. The van der Waals surface area contributed by atoms with Gasteiger partial charge in [-0.1, -0.05) is 6.92 Å². The highest BCUT2D eigenvalue weighted by atomic mass is 35.5.